The number of hydrogen-bond acceptors (Lipinski definition) is 2. The molecule has 0 unspecified atom stereocenters. The Hall–Kier alpha value is -1.98. The van der Waals surface area contributed by atoms with Gasteiger partial charge in [-0.1, -0.05) is 0 Å². The van der Waals surface area contributed by atoms with Crippen molar-refractivity contribution in [2.75, 3.05) is 0 Å². The summed E-state index contributed by atoms with van der Waals surface area (Å²) in [6, 6.07) is 4.28. The van der Waals surface area contributed by atoms with Gasteiger partial charge in [0.05, 0.1) is 0 Å². The Labute approximate surface area is 119 Å². The first-order valence-electron chi connectivity index (χ1n) is 6.81. The van der Waals surface area contributed by atoms with Gasteiger partial charge in [-0.05, 0) is 42.5 Å². The summed E-state index contributed by atoms with van der Waals surface area (Å²) in [5.41, 5.74) is 1.74. The second-order valence-corrected chi connectivity index (χ2v) is 5.31. The fourth-order valence-electron chi connectivity index (χ4n) is 2.91. The molecule has 3 rings (SSSR count). The lowest BCUT2D eigenvalue weighted by Crippen LogP contribution is -2.17. The molecule has 1 aliphatic rings. The van der Waals surface area contributed by atoms with E-state index in [0.29, 0.717) is 12.8 Å². The Morgan fingerprint density at radius 1 is 1.19 bits per heavy atom. The molecule has 6 heteroatoms. The first-order chi connectivity index (χ1) is 9.92. The topological polar surface area (TPSA) is 42.1 Å². The number of rotatable bonds is 2. The lowest BCUT2D eigenvalue weighted by atomic mass is 9.83. The SMILES string of the molecule is O=C1CCC(c2c[nH]c3ccc(OC(F)(F)F)cc23)CC1. The predicted molar refractivity (Wildman–Crippen MR) is 71.2 cm³/mol. The molecule has 1 aromatic carbocycles. The molecule has 112 valence electrons. The molecule has 0 saturated heterocycles. The van der Waals surface area contributed by atoms with Crippen LogP contribution < -0.4 is 4.74 Å². The van der Waals surface area contributed by atoms with E-state index in [1.165, 1.54) is 12.1 Å². The van der Waals surface area contributed by atoms with E-state index in [0.717, 1.165) is 29.3 Å². The number of nitrogens with one attached hydrogen (secondary N) is 1. The van der Waals surface area contributed by atoms with Crippen LogP contribution in [-0.2, 0) is 4.79 Å². The van der Waals surface area contributed by atoms with Crippen molar-refractivity contribution in [2.45, 2.75) is 38.0 Å². The minimum Gasteiger partial charge on any atom is -0.406 e. The standard InChI is InChI=1S/C15H14F3NO2/c16-15(17,18)21-11-5-6-14-12(7-11)13(8-19-14)9-1-3-10(20)4-2-9/h5-9,19H,1-4H2. The zero-order valence-corrected chi connectivity index (χ0v) is 11.2. The number of aromatic nitrogens is 1. The first-order valence-corrected chi connectivity index (χ1v) is 6.81. The van der Waals surface area contributed by atoms with Gasteiger partial charge in [0.25, 0.3) is 0 Å². The monoisotopic (exact) mass is 297 g/mol. The number of ketones is 1. The van der Waals surface area contributed by atoms with Gasteiger partial charge in [0, 0.05) is 29.9 Å². The number of carbonyl (C=O) groups excluding carboxylic acids is 1. The summed E-state index contributed by atoms with van der Waals surface area (Å²) < 4.78 is 40.9. The quantitative estimate of drug-likeness (QED) is 0.898. The third-order valence-corrected chi connectivity index (χ3v) is 3.90. The highest BCUT2D eigenvalue weighted by Gasteiger charge is 2.31. The molecule has 1 N–H and O–H groups in total. The third-order valence-electron chi connectivity index (χ3n) is 3.90. The zero-order chi connectivity index (χ0) is 15.0. The van der Waals surface area contributed by atoms with E-state index in [4.69, 9.17) is 0 Å². The summed E-state index contributed by atoms with van der Waals surface area (Å²) in [5.74, 6) is 0.243. The summed E-state index contributed by atoms with van der Waals surface area (Å²) in [6.07, 6.45) is -0.303. The summed E-state index contributed by atoms with van der Waals surface area (Å²) in [6.45, 7) is 0. The average Bonchev–Trinajstić information content (AvgIpc) is 2.81. The van der Waals surface area contributed by atoms with Crippen LogP contribution in [0.4, 0.5) is 13.2 Å². The lowest BCUT2D eigenvalue weighted by Gasteiger charge is -2.20. The molecule has 0 aliphatic heterocycles. The van der Waals surface area contributed by atoms with Gasteiger partial charge in [-0.2, -0.15) is 0 Å². The highest BCUT2D eigenvalue weighted by molar-refractivity contribution is 5.86. The van der Waals surface area contributed by atoms with Crippen LogP contribution in [0.2, 0.25) is 0 Å². The average molecular weight is 297 g/mol. The lowest BCUT2D eigenvalue weighted by molar-refractivity contribution is -0.274. The molecule has 1 fully saturated rings. The maximum atomic E-state index is 12.3. The Kier molecular flexibility index (Phi) is 3.39. The maximum absolute atomic E-state index is 12.3. The van der Waals surface area contributed by atoms with Crippen molar-refractivity contribution < 1.29 is 22.7 Å². The van der Waals surface area contributed by atoms with Gasteiger partial charge in [-0.3, -0.25) is 4.79 Å². The van der Waals surface area contributed by atoms with Crippen LogP contribution in [0.1, 0.15) is 37.2 Å². The number of Topliss-reactive ketones (excluding diaryl/α,β-unsaturated/α-hetero) is 1. The number of fused-ring (bicyclic) bond motifs is 1. The summed E-state index contributed by atoms with van der Waals surface area (Å²) in [4.78, 5) is 14.4. The molecular weight excluding hydrogens is 283 g/mol. The van der Waals surface area contributed by atoms with E-state index in [9.17, 15) is 18.0 Å². The largest absolute Gasteiger partial charge is 0.573 e. The molecule has 0 amide bonds. The molecule has 0 atom stereocenters. The van der Waals surface area contributed by atoms with Gasteiger partial charge in [-0.15, -0.1) is 13.2 Å². The van der Waals surface area contributed by atoms with Gasteiger partial charge in [0.2, 0.25) is 0 Å². The van der Waals surface area contributed by atoms with Crippen LogP contribution in [0.3, 0.4) is 0 Å². The molecule has 1 heterocycles. The van der Waals surface area contributed by atoms with E-state index in [1.54, 1.807) is 6.07 Å². The number of halogens is 3. The molecular formula is C15H14F3NO2. The number of benzene rings is 1. The number of H-pyrrole nitrogens is 1. The fraction of sp³-hybridized carbons (Fsp3) is 0.400. The predicted octanol–water partition coefficient (Wildman–Crippen LogP) is 4.29. The van der Waals surface area contributed by atoms with E-state index in [-0.39, 0.29) is 17.5 Å². The van der Waals surface area contributed by atoms with E-state index < -0.39 is 6.36 Å². The highest BCUT2D eigenvalue weighted by atomic mass is 19.4. The third kappa shape index (κ3) is 3.04. The number of carbonyl (C=O) groups is 1. The van der Waals surface area contributed by atoms with Crippen molar-refractivity contribution in [3.8, 4) is 5.75 Å². The molecule has 0 radical (unpaired) electrons. The minimum absolute atomic E-state index is 0.206. The second kappa shape index (κ2) is 5.09. The Morgan fingerprint density at radius 3 is 2.57 bits per heavy atom. The Balaban J connectivity index is 1.92. The van der Waals surface area contributed by atoms with E-state index in [2.05, 4.69) is 9.72 Å². The van der Waals surface area contributed by atoms with Crippen LogP contribution >= 0.6 is 0 Å². The van der Waals surface area contributed by atoms with Crippen LogP contribution in [0, 0.1) is 0 Å². The number of alkyl halides is 3. The number of aromatic amines is 1. The van der Waals surface area contributed by atoms with E-state index in [1.807, 2.05) is 6.20 Å². The molecule has 0 spiro atoms. The summed E-state index contributed by atoms with van der Waals surface area (Å²) >= 11 is 0. The molecule has 1 aromatic heterocycles. The maximum Gasteiger partial charge on any atom is 0.573 e. The van der Waals surface area contributed by atoms with Crippen molar-refractivity contribution in [1.29, 1.82) is 0 Å². The number of hydrogen-bond donors (Lipinski definition) is 1. The second-order valence-electron chi connectivity index (χ2n) is 5.31. The molecule has 1 aliphatic carbocycles. The van der Waals surface area contributed by atoms with Gasteiger partial charge in [0.15, 0.2) is 0 Å². The van der Waals surface area contributed by atoms with Gasteiger partial charge < -0.3 is 9.72 Å². The van der Waals surface area contributed by atoms with Crippen molar-refractivity contribution >= 4 is 16.7 Å². The van der Waals surface area contributed by atoms with Crippen molar-refractivity contribution in [2.24, 2.45) is 0 Å². The van der Waals surface area contributed by atoms with Crippen LogP contribution in [0.25, 0.3) is 10.9 Å². The summed E-state index contributed by atoms with van der Waals surface area (Å²) in [5, 5.41) is 0.732. The molecule has 2 aromatic rings. The van der Waals surface area contributed by atoms with Gasteiger partial charge >= 0.3 is 6.36 Å². The number of ether oxygens (including phenoxy) is 1. The molecule has 0 bridgehead atoms. The molecule has 21 heavy (non-hydrogen) atoms. The van der Waals surface area contributed by atoms with Crippen LogP contribution in [-0.4, -0.2) is 17.1 Å². The Bertz CT molecular complexity index is 665. The van der Waals surface area contributed by atoms with Gasteiger partial charge in [0.1, 0.15) is 11.5 Å². The molecule has 1 saturated carbocycles. The van der Waals surface area contributed by atoms with Crippen LogP contribution in [0.15, 0.2) is 24.4 Å². The zero-order valence-electron chi connectivity index (χ0n) is 11.2. The Morgan fingerprint density at radius 2 is 1.90 bits per heavy atom. The normalized spacial score (nSPS) is 17.4. The van der Waals surface area contributed by atoms with Crippen molar-refractivity contribution in [3.63, 3.8) is 0 Å². The van der Waals surface area contributed by atoms with Gasteiger partial charge in [-0.25, -0.2) is 0 Å². The van der Waals surface area contributed by atoms with Crippen LogP contribution in [0.5, 0.6) is 5.75 Å². The summed E-state index contributed by atoms with van der Waals surface area (Å²) in [7, 11) is 0. The molecule has 3 nitrogen and oxygen atoms in total. The van der Waals surface area contributed by atoms with Crippen molar-refractivity contribution in [3.05, 3.63) is 30.0 Å². The highest BCUT2D eigenvalue weighted by Crippen LogP contribution is 2.37. The fourth-order valence-corrected chi connectivity index (χ4v) is 2.91. The first kappa shape index (κ1) is 14.0. The van der Waals surface area contributed by atoms with Crippen molar-refractivity contribution in [1.82, 2.24) is 4.98 Å². The smallest absolute Gasteiger partial charge is 0.406 e. The minimum atomic E-state index is -4.69. The van der Waals surface area contributed by atoms with E-state index >= 15 is 0 Å².